The Balaban J connectivity index is 1.62. The fourth-order valence-electron chi connectivity index (χ4n) is 4.88. The summed E-state index contributed by atoms with van der Waals surface area (Å²) >= 11 is 3.50. The number of urea groups is 1. The van der Waals surface area contributed by atoms with Crippen molar-refractivity contribution >= 4 is 45.1 Å². The van der Waals surface area contributed by atoms with E-state index in [1.165, 1.54) is 21.7 Å². The normalized spacial score (nSPS) is 21.3. The van der Waals surface area contributed by atoms with Crippen LogP contribution in [-0.4, -0.2) is 58.8 Å². The molecule has 1 atom stereocenters. The number of carbonyl (C=O) groups excluding carboxylic acids is 3. The zero-order valence-electron chi connectivity index (χ0n) is 20.0. The summed E-state index contributed by atoms with van der Waals surface area (Å²) in [5.41, 5.74) is -0.365. The highest BCUT2D eigenvalue weighted by atomic mass is 79.9. The molecule has 1 saturated heterocycles. The summed E-state index contributed by atoms with van der Waals surface area (Å²) in [4.78, 5) is 54.7. The van der Waals surface area contributed by atoms with Crippen molar-refractivity contribution in [1.82, 2.24) is 9.47 Å². The van der Waals surface area contributed by atoms with E-state index in [0.29, 0.717) is 47.7 Å². The van der Waals surface area contributed by atoms with Gasteiger partial charge in [0, 0.05) is 30.4 Å². The summed E-state index contributed by atoms with van der Waals surface area (Å²) in [6.45, 7) is 2.90. The number of aliphatic hydroxyl groups is 1. The van der Waals surface area contributed by atoms with Gasteiger partial charge in [0.2, 0.25) is 0 Å². The van der Waals surface area contributed by atoms with Crippen LogP contribution < -0.4 is 10.5 Å². The van der Waals surface area contributed by atoms with Crippen molar-refractivity contribution in [3.63, 3.8) is 0 Å². The van der Waals surface area contributed by atoms with Crippen LogP contribution >= 0.6 is 15.9 Å². The Morgan fingerprint density at radius 2 is 1.92 bits per heavy atom. The molecule has 0 saturated carbocycles. The van der Waals surface area contributed by atoms with Crippen LogP contribution in [0.15, 0.2) is 51.5 Å². The van der Waals surface area contributed by atoms with Gasteiger partial charge in [0.1, 0.15) is 12.5 Å². The number of pyridine rings is 1. The number of anilines is 1. The molecule has 0 spiro atoms. The minimum atomic E-state index is -1.90. The number of fused-ring (bicyclic) bond motifs is 2. The molecule has 3 aliphatic heterocycles. The average molecular weight is 570 g/mol. The zero-order valence-corrected chi connectivity index (χ0v) is 21.6. The molecule has 2 amide bonds. The Labute approximate surface area is 220 Å². The van der Waals surface area contributed by atoms with Gasteiger partial charge in [-0.15, -0.1) is 0 Å². The van der Waals surface area contributed by atoms with Gasteiger partial charge in [0.05, 0.1) is 46.8 Å². The second-order valence-electron chi connectivity index (χ2n) is 8.90. The van der Waals surface area contributed by atoms with E-state index in [4.69, 9.17) is 9.47 Å². The summed E-state index contributed by atoms with van der Waals surface area (Å²) in [5, 5.41) is 10.9. The number of benzene rings is 1. The van der Waals surface area contributed by atoms with Gasteiger partial charge >= 0.3 is 12.0 Å². The molecule has 4 heterocycles. The Kier molecular flexibility index (Phi) is 6.63. The highest BCUT2D eigenvalue weighted by Crippen LogP contribution is 2.43. The molecule has 5 rings (SSSR count). The monoisotopic (exact) mass is 569 g/mol. The molecule has 0 radical (unpaired) electrons. The first-order valence-corrected chi connectivity index (χ1v) is 12.6. The number of carbonyl (C=O) groups is 2. The number of halogens is 1. The molecule has 0 unspecified atom stereocenters. The number of aromatic nitrogens is 1. The molecule has 2 aromatic rings. The second kappa shape index (κ2) is 9.75. The zero-order chi connectivity index (χ0) is 26.3. The quantitative estimate of drug-likeness (QED) is 0.445. The molecule has 10 nitrogen and oxygen atoms in total. The van der Waals surface area contributed by atoms with Crippen LogP contribution in [0.1, 0.15) is 30.0 Å². The molecule has 1 aromatic heterocycles. The molecule has 3 aliphatic rings. The predicted molar refractivity (Wildman–Crippen MR) is 136 cm³/mol. The number of nitrogens with zero attached hydrogens (tertiary/aromatic N) is 3. The van der Waals surface area contributed by atoms with Crippen LogP contribution in [0.3, 0.4) is 0 Å². The number of cyclic esters (lactones) is 1. The number of amides is 2. The van der Waals surface area contributed by atoms with Crippen molar-refractivity contribution in [2.24, 2.45) is 0 Å². The van der Waals surface area contributed by atoms with E-state index in [1.807, 2.05) is 5.94 Å². The lowest BCUT2D eigenvalue weighted by molar-refractivity contribution is -0.172. The summed E-state index contributed by atoms with van der Waals surface area (Å²) in [5.74, 6) is 1.17. The first-order valence-electron chi connectivity index (χ1n) is 11.8. The lowest BCUT2D eigenvalue weighted by atomic mass is 9.87. The van der Waals surface area contributed by atoms with Crippen molar-refractivity contribution in [3.05, 3.63) is 73.8 Å². The largest absolute Gasteiger partial charge is 0.458 e. The van der Waals surface area contributed by atoms with Gasteiger partial charge in [-0.1, -0.05) is 25.1 Å². The van der Waals surface area contributed by atoms with Crippen molar-refractivity contribution in [3.8, 4) is 0 Å². The van der Waals surface area contributed by atoms with Crippen molar-refractivity contribution in [2.75, 3.05) is 31.2 Å². The summed E-state index contributed by atoms with van der Waals surface area (Å²) < 4.78 is 12.2. The topological polar surface area (TPSA) is 118 Å². The Morgan fingerprint density at radius 1 is 1.19 bits per heavy atom. The van der Waals surface area contributed by atoms with Crippen LogP contribution in [0.4, 0.5) is 10.5 Å². The first kappa shape index (κ1) is 25.2. The molecular formula is C26H24BrN3O7. The van der Waals surface area contributed by atoms with Crippen LogP contribution in [0.2, 0.25) is 0 Å². The van der Waals surface area contributed by atoms with Crippen molar-refractivity contribution < 1.29 is 29.0 Å². The fourth-order valence-corrected chi connectivity index (χ4v) is 5.47. The van der Waals surface area contributed by atoms with Gasteiger partial charge in [-0.05, 0) is 34.5 Å². The maximum absolute atomic E-state index is 13.8. The molecule has 0 aliphatic carbocycles. The third kappa shape index (κ3) is 4.04. The predicted octanol–water partition coefficient (Wildman–Crippen LogP) is 2.30. The summed E-state index contributed by atoms with van der Waals surface area (Å²) in [7, 11) is 0. The van der Waals surface area contributed by atoms with E-state index in [9.17, 15) is 24.3 Å². The molecular weight excluding hydrogens is 546 g/mol. The number of rotatable bonds is 3. The minimum absolute atomic E-state index is 0.0467. The maximum atomic E-state index is 13.8. The highest BCUT2D eigenvalue weighted by molar-refractivity contribution is 9.12. The van der Waals surface area contributed by atoms with Crippen molar-refractivity contribution in [2.45, 2.75) is 32.1 Å². The van der Waals surface area contributed by atoms with E-state index in [-0.39, 0.29) is 42.3 Å². The number of para-hydroxylation sites is 1. The van der Waals surface area contributed by atoms with Gasteiger partial charge in [-0.2, -0.15) is 0 Å². The van der Waals surface area contributed by atoms with Crippen LogP contribution in [0.5, 0.6) is 0 Å². The van der Waals surface area contributed by atoms with Crippen molar-refractivity contribution in [1.29, 1.82) is 0 Å². The molecule has 1 N–H and O–H groups in total. The Morgan fingerprint density at radius 3 is 2.62 bits per heavy atom. The minimum Gasteiger partial charge on any atom is -0.458 e. The Bertz CT molecular complexity index is 1440. The number of esters is 1. The molecule has 11 heteroatoms. The highest BCUT2D eigenvalue weighted by Gasteiger charge is 2.44. The lowest BCUT2D eigenvalue weighted by Crippen LogP contribution is -2.50. The van der Waals surface area contributed by atoms with E-state index in [2.05, 4.69) is 15.9 Å². The molecule has 37 heavy (non-hydrogen) atoms. The van der Waals surface area contributed by atoms with Crippen LogP contribution in [0.25, 0.3) is 5.57 Å². The third-order valence-electron chi connectivity index (χ3n) is 6.96. The first-order chi connectivity index (χ1) is 17.8. The van der Waals surface area contributed by atoms with Gasteiger partial charge < -0.3 is 24.0 Å². The maximum Gasteiger partial charge on any atom is 0.343 e. The third-order valence-corrected chi connectivity index (χ3v) is 7.81. The average Bonchev–Trinajstić information content (AvgIpc) is 2.92. The molecule has 0 bridgehead atoms. The molecule has 1 fully saturated rings. The Hall–Kier alpha value is -3.50. The summed E-state index contributed by atoms with van der Waals surface area (Å²) in [6, 6.07) is 8.22. The van der Waals surface area contributed by atoms with Gasteiger partial charge in [0.25, 0.3) is 5.56 Å². The second-order valence-corrected chi connectivity index (χ2v) is 9.70. The van der Waals surface area contributed by atoms with Gasteiger partial charge in [0.15, 0.2) is 5.60 Å². The van der Waals surface area contributed by atoms with E-state index in [0.717, 1.165) is 0 Å². The SMILES string of the molecule is CC[C@@]1(O)C(=O)OCc2c1ccn(CC1=C(Br)C(=C=O)c3ccccc3N1C(=O)N1CCOCC1)c2=O. The van der Waals surface area contributed by atoms with E-state index < -0.39 is 17.1 Å². The van der Waals surface area contributed by atoms with Crippen LogP contribution in [0, 0.1) is 0 Å². The van der Waals surface area contributed by atoms with E-state index >= 15 is 0 Å². The molecule has 192 valence electrons. The van der Waals surface area contributed by atoms with Gasteiger partial charge in [-0.3, -0.25) is 9.69 Å². The van der Waals surface area contributed by atoms with Crippen LogP contribution in [-0.2, 0) is 37.8 Å². The van der Waals surface area contributed by atoms with E-state index in [1.54, 1.807) is 36.1 Å². The number of morpholine rings is 1. The van der Waals surface area contributed by atoms with Gasteiger partial charge in [-0.25, -0.2) is 14.4 Å². The smallest absolute Gasteiger partial charge is 0.343 e. The lowest BCUT2D eigenvalue weighted by Gasteiger charge is -2.38. The number of hydrogen-bond acceptors (Lipinski definition) is 7. The summed E-state index contributed by atoms with van der Waals surface area (Å²) in [6.07, 6.45) is 1.51. The molecule has 1 aromatic carbocycles. The fraction of sp³-hybridized carbons (Fsp3) is 0.346. The number of hydrogen-bond donors (Lipinski definition) is 1. The standard InChI is InChI=1S/C26H24BrN3O7/c1-2-26(35)19-7-8-29(23(32)18(19)15-37-24(26)33)13-21-22(27)17(14-31)16-5-3-4-6-20(16)30(21)25(34)28-9-11-36-12-10-28/h3-8,35H,2,9-13,15H2,1H3/t26-/m0/s1. The number of ether oxygens (including phenoxy) is 2. The number of allylic oxidation sites excluding steroid dienone is 3.